The van der Waals surface area contributed by atoms with Gasteiger partial charge >= 0.3 is 0 Å². The summed E-state index contributed by atoms with van der Waals surface area (Å²) in [6, 6.07) is 22.9. The third-order valence-electron chi connectivity index (χ3n) is 4.93. The molecule has 134 valence electrons. The second-order valence-electron chi connectivity index (χ2n) is 6.91. The van der Waals surface area contributed by atoms with E-state index in [2.05, 4.69) is 77.8 Å². The molecular weight excluding hydrogens is 330 g/mol. The zero-order chi connectivity index (χ0) is 18.6. The molecule has 1 aliphatic carbocycles. The molecule has 3 heteroatoms. The van der Waals surface area contributed by atoms with Gasteiger partial charge in [0, 0.05) is 19.8 Å². The van der Waals surface area contributed by atoms with Crippen molar-refractivity contribution in [2.75, 3.05) is 14.1 Å². The Morgan fingerprint density at radius 3 is 2.48 bits per heavy atom. The lowest BCUT2D eigenvalue weighted by atomic mass is 9.93. The minimum Gasteiger partial charge on any atom is -0.377 e. The lowest BCUT2D eigenvalue weighted by Crippen LogP contribution is -2.10. The lowest BCUT2D eigenvalue weighted by Gasteiger charge is -2.19. The predicted molar refractivity (Wildman–Crippen MR) is 113 cm³/mol. The molecule has 0 N–H and O–H groups in total. The highest BCUT2D eigenvalue weighted by atomic mass is 15.1. The van der Waals surface area contributed by atoms with Gasteiger partial charge in [-0.1, -0.05) is 60.7 Å². The van der Waals surface area contributed by atoms with Crippen LogP contribution in [0.3, 0.4) is 0 Å². The summed E-state index contributed by atoms with van der Waals surface area (Å²) in [4.78, 5) is 2.18. The van der Waals surface area contributed by atoms with Crippen LogP contribution in [0.15, 0.2) is 94.8 Å². The molecule has 1 aliphatic rings. The van der Waals surface area contributed by atoms with Crippen molar-refractivity contribution in [1.82, 2.24) is 4.90 Å². The van der Waals surface area contributed by atoms with Gasteiger partial charge in [-0.3, -0.25) is 0 Å². The molecule has 0 atom stereocenters. The topological polar surface area (TPSA) is 28.0 Å². The fraction of sp³-hybridized carbons (Fsp3) is 0.167. The van der Waals surface area contributed by atoms with Crippen LogP contribution >= 0.6 is 0 Å². The number of hydrogen-bond donors (Lipinski definition) is 0. The highest BCUT2D eigenvalue weighted by Gasteiger charge is 2.17. The van der Waals surface area contributed by atoms with E-state index in [9.17, 15) is 0 Å². The largest absolute Gasteiger partial charge is 0.377 e. The van der Waals surface area contributed by atoms with Gasteiger partial charge in [0.25, 0.3) is 0 Å². The summed E-state index contributed by atoms with van der Waals surface area (Å²) in [5.74, 6) is 0. The third-order valence-corrected chi connectivity index (χ3v) is 4.93. The Hall–Kier alpha value is -3.20. The molecule has 0 aliphatic heterocycles. The van der Waals surface area contributed by atoms with Crippen molar-refractivity contribution in [2.45, 2.75) is 13.0 Å². The van der Waals surface area contributed by atoms with Crippen molar-refractivity contribution >= 4 is 22.0 Å². The molecule has 0 amide bonds. The second-order valence-corrected chi connectivity index (χ2v) is 6.91. The summed E-state index contributed by atoms with van der Waals surface area (Å²) in [6.45, 7) is 0.565. The van der Waals surface area contributed by atoms with Gasteiger partial charge in [-0.2, -0.15) is 10.2 Å². The van der Waals surface area contributed by atoms with Crippen LogP contribution in [0.25, 0.3) is 16.3 Å². The minimum absolute atomic E-state index is 0.565. The first-order chi connectivity index (χ1) is 13.2. The van der Waals surface area contributed by atoms with Gasteiger partial charge in [0.1, 0.15) is 0 Å². The van der Waals surface area contributed by atoms with Gasteiger partial charge in [-0.05, 0) is 52.1 Å². The Kier molecular flexibility index (Phi) is 4.84. The minimum atomic E-state index is 0.565. The molecule has 0 saturated carbocycles. The van der Waals surface area contributed by atoms with Gasteiger partial charge < -0.3 is 4.90 Å². The van der Waals surface area contributed by atoms with Gasteiger partial charge in [-0.25, -0.2) is 0 Å². The molecule has 27 heavy (non-hydrogen) atoms. The van der Waals surface area contributed by atoms with Crippen LogP contribution in [0.4, 0.5) is 5.69 Å². The Morgan fingerprint density at radius 1 is 0.889 bits per heavy atom. The van der Waals surface area contributed by atoms with E-state index in [4.69, 9.17) is 0 Å². The lowest BCUT2D eigenvalue weighted by molar-refractivity contribution is 0.533. The first-order valence-electron chi connectivity index (χ1n) is 9.24. The van der Waals surface area contributed by atoms with Crippen molar-refractivity contribution in [3.05, 3.63) is 95.7 Å². The number of rotatable bonds is 5. The van der Waals surface area contributed by atoms with Gasteiger partial charge in [0.15, 0.2) is 0 Å². The molecule has 4 rings (SSSR count). The van der Waals surface area contributed by atoms with E-state index < -0.39 is 0 Å². The molecule has 0 saturated heterocycles. The fourth-order valence-electron chi connectivity index (χ4n) is 3.63. The summed E-state index contributed by atoms with van der Waals surface area (Å²) < 4.78 is 0. The molecule has 3 nitrogen and oxygen atoms in total. The molecule has 0 radical (unpaired) electrons. The standard InChI is InChI=1S/C24H23N3/c1-27(2)24-14-8-13-22(24)21-16-15-18-9-6-7-12-20(18)23(21)17-25-26-19-10-4-3-5-11-19/h3-12,14-16H,13,17H2,1-2H3. The summed E-state index contributed by atoms with van der Waals surface area (Å²) >= 11 is 0. The Balaban J connectivity index is 1.79. The third kappa shape index (κ3) is 3.54. The van der Waals surface area contributed by atoms with Gasteiger partial charge in [-0.15, -0.1) is 0 Å². The van der Waals surface area contributed by atoms with Crippen molar-refractivity contribution in [3.8, 4) is 0 Å². The Labute approximate surface area is 160 Å². The van der Waals surface area contributed by atoms with Crippen LogP contribution in [0.5, 0.6) is 0 Å². The number of azo groups is 1. The summed E-state index contributed by atoms with van der Waals surface area (Å²) in [6.07, 6.45) is 5.39. The maximum absolute atomic E-state index is 4.53. The monoisotopic (exact) mass is 353 g/mol. The van der Waals surface area contributed by atoms with Crippen LogP contribution in [-0.4, -0.2) is 19.0 Å². The van der Waals surface area contributed by atoms with Crippen molar-refractivity contribution in [2.24, 2.45) is 10.2 Å². The summed E-state index contributed by atoms with van der Waals surface area (Å²) in [5, 5.41) is 11.4. The molecule has 3 aromatic carbocycles. The quantitative estimate of drug-likeness (QED) is 0.491. The number of allylic oxidation sites excluding steroid dienone is 3. The van der Waals surface area contributed by atoms with Crippen molar-refractivity contribution in [3.63, 3.8) is 0 Å². The van der Waals surface area contributed by atoms with Crippen LogP contribution in [0.1, 0.15) is 17.5 Å². The number of likely N-dealkylation sites (N-methyl/N-ethyl adjacent to an activating group) is 1. The molecule has 0 spiro atoms. The molecule has 0 bridgehead atoms. The molecule has 0 fully saturated rings. The maximum atomic E-state index is 4.53. The first-order valence-corrected chi connectivity index (χ1v) is 9.24. The maximum Gasteiger partial charge on any atom is 0.0865 e. The van der Waals surface area contributed by atoms with Crippen LogP contribution in [0, 0.1) is 0 Å². The second kappa shape index (κ2) is 7.58. The van der Waals surface area contributed by atoms with Crippen molar-refractivity contribution < 1.29 is 0 Å². The van der Waals surface area contributed by atoms with E-state index in [0.29, 0.717) is 6.54 Å². The molecular formula is C24H23N3. The smallest absolute Gasteiger partial charge is 0.0865 e. The van der Waals surface area contributed by atoms with E-state index >= 15 is 0 Å². The fourth-order valence-corrected chi connectivity index (χ4v) is 3.63. The van der Waals surface area contributed by atoms with Crippen LogP contribution in [0.2, 0.25) is 0 Å². The number of nitrogens with zero attached hydrogens (tertiary/aromatic N) is 3. The Bertz CT molecular complexity index is 1040. The normalized spacial score (nSPS) is 13.9. The number of benzene rings is 3. The highest BCUT2D eigenvalue weighted by Crippen LogP contribution is 2.35. The number of hydrogen-bond acceptors (Lipinski definition) is 3. The van der Waals surface area contributed by atoms with Gasteiger partial charge in [0.2, 0.25) is 0 Å². The van der Waals surface area contributed by atoms with Gasteiger partial charge in [0.05, 0.1) is 12.2 Å². The van der Waals surface area contributed by atoms with E-state index in [1.165, 1.54) is 33.2 Å². The van der Waals surface area contributed by atoms with Crippen molar-refractivity contribution in [1.29, 1.82) is 0 Å². The summed E-state index contributed by atoms with van der Waals surface area (Å²) in [5.41, 5.74) is 6.03. The first kappa shape index (κ1) is 17.2. The molecule has 0 aromatic heterocycles. The van der Waals surface area contributed by atoms with E-state index in [1.807, 2.05) is 30.3 Å². The predicted octanol–water partition coefficient (Wildman–Crippen LogP) is 6.36. The average molecular weight is 353 g/mol. The zero-order valence-corrected chi connectivity index (χ0v) is 15.8. The zero-order valence-electron chi connectivity index (χ0n) is 15.8. The summed E-state index contributed by atoms with van der Waals surface area (Å²) in [7, 11) is 4.20. The van der Waals surface area contributed by atoms with E-state index in [1.54, 1.807) is 0 Å². The van der Waals surface area contributed by atoms with Crippen LogP contribution in [-0.2, 0) is 6.54 Å². The SMILES string of the molecule is CN(C)C1=C(c2ccc3ccccc3c2CN=Nc2ccccc2)CC=C1. The molecule has 0 unspecified atom stereocenters. The van der Waals surface area contributed by atoms with E-state index in [0.717, 1.165) is 12.1 Å². The highest BCUT2D eigenvalue weighted by molar-refractivity contribution is 5.91. The van der Waals surface area contributed by atoms with Crippen LogP contribution < -0.4 is 0 Å². The number of fused-ring (bicyclic) bond motifs is 1. The average Bonchev–Trinajstić information content (AvgIpc) is 3.19. The molecule has 0 heterocycles. The Morgan fingerprint density at radius 2 is 1.67 bits per heavy atom. The molecule has 3 aromatic rings. The van der Waals surface area contributed by atoms with E-state index in [-0.39, 0.29) is 0 Å².